The number of ether oxygens (including phenoxy) is 3. The molecule has 3 aromatic rings. The molecule has 32 heavy (non-hydrogen) atoms. The second kappa shape index (κ2) is 9.60. The minimum atomic E-state index is -0.131. The van der Waals surface area contributed by atoms with Gasteiger partial charge in [-0.1, -0.05) is 13.8 Å². The van der Waals surface area contributed by atoms with E-state index >= 15 is 0 Å². The quantitative estimate of drug-likeness (QED) is 0.549. The molecule has 172 valence electrons. The molecular weight excluding hydrogens is 408 g/mol. The molecule has 1 fully saturated rings. The Morgan fingerprint density at radius 2 is 1.97 bits per heavy atom. The zero-order chi connectivity index (χ0) is 22.7. The van der Waals surface area contributed by atoms with E-state index in [0.717, 1.165) is 54.2 Å². The van der Waals surface area contributed by atoms with Crippen LogP contribution in [0.2, 0.25) is 0 Å². The van der Waals surface area contributed by atoms with E-state index in [1.807, 2.05) is 31.3 Å². The van der Waals surface area contributed by atoms with Crippen molar-refractivity contribution in [3.8, 4) is 17.5 Å². The Balaban J connectivity index is 1.70. The lowest BCUT2D eigenvalue weighted by molar-refractivity contribution is 0.153. The monoisotopic (exact) mass is 440 g/mol. The van der Waals surface area contributed by atoms with Gasteiger partial charge < -0.3 is 24.8 Å². The van der Waals surface area contributed by atoms with E-state index < -0.39 is 0 Å². The van der Waals surface area contributed by atoms with Crippen molar-refractivity contribution in [2.75, 3.05) is 32.6 Å². The number of rotatable bonds is 8. The summed E-state index contributed by atoms with van der Waals surface area (Å²) >= 11 is 0. The van der Waals surface area contributed by atoms with Gasteiger partial charge in [0.2, 0.25) is 5.95 Å². The van der Waals surface area contributed by atoms with E-state index in [4.69, 9.17) is 19.2 Å². The first-order chi connectivity index (χ1) is 15.5. The highest BCUT2D eigenvalue weighted by Crippen LogP contribution is 2.32. The van der Waals surface area contributed by atoms with Crippen molar-refractivity contribution >= 4 is 11.6 Å². The number of benzene rings is 1. The van der Waals surface area contributed by atoms with E-state index in [1.165, 1.54) is 0 Å². The second-order valence-electron chi connectivity index (χ2n) is 8.38. The number of fused-ring (bicyclic) bond motifs is 1. The number of aromatic nitrogens is 4. The summed E-state index contributed by atoms with van der Waals surface area (Å²) in [6.07, 6.45) is 3.97. The molecule has 0 unspecified atom stereocenters. The maximum Gasteiger partial charge on any atom is 0.322 e. The molecule has 2 N–H and O–H groups in total. The van der Waals surface area contributed by atoms with Crippen molar-refractivity contribution in [3.05, 3.63) is 35.5 Å². The molecule has 9 heteroatoms. The van der Waals surface area contributed by atoms with Crippen LogP contribution in [0.3, 0.4) is 0 Å². The molecule has 0 aliphatic carbocycles. The van der Waals surface area contributed by atoms with Crippen LogP contribution in [0, 0.1) is 0 Å². The average molecular weight is 441 g/mol. The van der Waals surface area contributed by atoms with Crippen molar-refractivity contribution in [3.63, 3.8) is 0 Å². The first kappa shape index (κ1) is 22.1. The van der Waals surface area contributed by atoms with Gasteiger partial charge in [0, 0.05) is 17.7 Å². The summed E-state index contributed by atoms with van der Waals surface area (Å²) in [4.78, 5) is 9.39. The molecule has 0 saturated carbocycles. The minimum absolute atomic E-state index is 0.0559. The lowest BCUT2D eigenvalue weighted by atomic mass is 10.1. The van der Waals surface area contributed by atoms with E-state index in [2.05, 4.69) is 34.6 Å². The number of hydrogen-bond donors (Lipinski definition) is 2. The average Bonchev–Trinajstić information content (AvgIpc) is 3.24. The smallest absolute Gasteiger partial charge is 0.322 e. The molecule has 1 saturated heterocycles. The molecule has 0 spiro atoms. The van der Waals surface area contributed by atoms with Crippen LogP contribution in [0.5, 0.6) is 17.5 Å². The number of anilines is 1. The molecule has 2 aromatic heterocycles. The van der Waals surface area contributed by atoms with Gasteiger partial charge in [-0.3, -0.25) is 0 Å². The molecule has 4 rings (SSSR count). The zero-order valence-corrected chi connectivity index (χ0v) is 19.4. The van der Waals surface area contributed by atoms with Crippen LogP contribution in [0.25, 0.3) is 5.65 Å². The Kier molecular flexibility index (Phi) is 6.64. The molecule has 3 heterocycles. The van der Waals surface area contributed by atoms with Crippen LogP contribution in [-0.2, 0) is 0 Å². The SMILES string of the molecule is COc1ccc(OC)c([C@H](C)Nc2nc(O[C@@H]3CCCNC3)nc3c(C(C)C)cnn23)c1. The van der Waals surface area contributed by atoms with E-state index in [-0.39, 0.29) is 18.1 Å². The first-order valence-electron chi connectivity index (χ1n) is 11.1. The van der Waals surface area contributed by atoms with Crippen molar-refractivity contribution < 1.29 is 14.2 Å². The lowest BCUT2D eigenvalue weighted by Gasteiger charge is -2.23. The van der Waals surface area contributed by atoms with Crippen LogP contribution in [0.4, 0.5) is 5.95 Å². The fourth-order valence-electron chi connectivity index (χ4n) is 3.95. The molecule has 9 nitrogen and oxygen atoms in total. The van der Waals surface area contributed by atoms with Gasteiger partial charge >= 0.3 is 6.01 Å². The third-order valence-electron chi connectivity index (χ3n) is 5.77. The molecule has 1 aromatic carbocycles. The largest absolute Gasteiger partial charge is 0.497 e. The third kappa shape index (κ3) is 4.57. The molecule has 0 amide bonds. The summed E-state index contributed by atoms with van der Waals surface area (Å²) in [5.41, 5.74) is 2.75. The normalized spacial score (nSPS) is 17.4. The predicted molar refractivity (Wildman–Crippen MR) is 123 cm³/mol. The Hall–Kier alpha value is -3.07. The number of nitrogens with one attached hydrogen (secondary N) is 2. The number of nitrogens with zero attached hydrogens (tertiary/aromatic N) is 4. The highest BCUT2D eigenvalue weighted by molar-refractivity contribution is 5.54. The van der Waals surface area contributed by atoms with Crippen molar-refractivity contribution in [2.24, 2.45) is 0 Å². The van der Waals surface area contributed by atoms with Crippen LogP contribution < -0.4 is 24.8 Å². The Labute approximate surface area is 188 Å². The maximum atomic E-state index is 6.17. The third-order valence-corrected chi connectivity index (χ3v) is 5.77. The minimum Gasteiger partial charge on any atom is -0.497 e. The topological polar surface area (TPSA) is 94.8 Å². The van der Waals surface area contributed by atoms with Gasteiger partial charge in [-0.15, -0.1) is 0 Å². The highest BCUT2D eigenvalue weighted by atomic mass is 16.5. The van der Waals surface area contributed by atoms with Gasteiger partial charge in [0.25, 0.3) is 0 Å². The van der Waals surface area contributed by atoms with Crippen LogP contribution >= 0.6 is 0 Å². The lowest BCUT2D eigenvalue weighted by Crippen LogP contribution is -2.37. The Bertz CT molecular complexity index is 1060. The number of piperidine rings is 1. The fourth-order valence-corrected chi connectivity index (χ4v) is 3.95. The van der Waals surface area contributed by atoms with Gasteiger partial charge in [0.05, 0.1) is 26.5 Å². The summed E-state index contributed by atoms with van der Waals surface area (Å²) in [6.45, 7) is 8.12. The van der Waals surface area contributed by atoms with Crippen molar-refractivity contribution in [1.82, 2.24) is 24.9 Å². The molecule has 2 atom stereocenters. The van der Waals surface area contributed by atoms with Gasteiger partial charge in [-0.25, -0.2) is 0 Å². The molecule has 0 radical (unpaired) electrons. The second-order valence-corrected chi connectivity index (χ2v) is 8.38. The Morgan fingerprint density at radius 1 is 1.12 bits per heavy atom. The highest BCUT2D eigenvalue weighted by Gasteiger charge is 2.22. The van der Waals surface area contributed by atoms with Crippen LogP contribution in [0.15, 0.2) is 24.4 Å². The fraction of sp³-hybridized carbons (Fsp3) is 0.522. The van der Waals surface area contributed by atoms with Crippen LogP contribution in [0.1, 0.15) is 56.7 Å². The van der Waals surface area contributed by atoms with Crippen LogP contribution in [-0.4, -0.2) is 53.0 Å². The summed E-state index contributed by atoms with van der Waals surface area (Å²) in [6, 6.07) is 5.97. The predicted octanol–water partition coefficient (Wildman–Crippen LogP) is 3.57. The van der Waals surface area contributed by atoms with E-state index in [0.29, 0.717) is 12.0 Å². The zero-order valence-electron chi connectivity index (χ0n) is 19.4. The van der Waals surface area contributed by atoms with Crippen molar-refractivity contribution in [1.29, 1.82) is 0 Å². The maximum absolute atomic E-state index is 6.17. The Morgan fingerprint density at radius 3 is 2.66 bits per heavy atom. The number of methoxy groups -OCH3 is 2. The summed E-state index contributed by atoms with van der Waals surface area (Å²) in [5, 5.41) is 11.4. The first-order valence-corrected chi connectivity index (χ1v) is 11.1. The molecule has 1 aliphatic rings. The summed E-state index contributed by atoms with van der Waals surface area (Å²) in [5.74, 6) is 2.37. The number of hydrogen-bond acceptors (Lipinski definition) is 8. The summed E-state index contributed by atoms with van der Waals surface area (Å²) < 4.78 is 18.9. The van der Waals surface area contributed by atoms with E-state index in [9.17, 15) is 0 Å². The van der Waals surface area contributed by atoms with Gasteiger partial charge in [0.15, 0.2) is 5.65 Å². The van der Waals surface area contributed by atoms with E-state index in [1.54, 1.807) is 18.7 Å². The standard InChI is InChI=1S/C23H32N6O3/c1-14(2)19-13-25-29-21(19)27-23(32-17-7-6-10-24-12-17)28-22(29)26-15(3)18-11-16(30-4)8-9-20(18)31-5/h8-9,11,13-15,17,24H,6-7,10,12H2,1-5H3,(H,26,27,28)/t15-,17+/m0/s1. The molecular formula is C23H32N6O3. The van der Waals surface area contributed by atoms with Gasteiger partial charge in [0.1, 0.15) is 17.6 Å². The molecule has 1 aliphatic heterocycles. The van der Waals surface area contributed by atoms with Gasteiger partial charge in [-0.2, -0.15) is 19.6 Å². The van der Waals surface area contributed by atoms with Crippen molar-refractivity contribution in [2.45, 2.75) is 51.7 Å². The summed E-state index contributed by atoms with van der Waals surface area (Å²) in [7, 11) is 3.31. The van der Waals surface area contributed by atoms with Gasteiger partial charge in [-0.05, 0) is 50.4 Å². The molecule has 0 bridgehead atoms.